The van der Waals surface area contributed by atoms with Gasteiger partial charge in [0.1, 0.15) is 28.9 Å². The van der Waals surface area contributed by atoms with Crippen molar-refractivity contribution in [3.05, 3.63) is 52.3 Å². The Bertz CT molecular complexity index is 1350. The summed E-state index contributed by atoms with van der Waals surface area (Å²) in [5.74, 6) is -3.97. The minimum atomic E-state index is -1.37. The van der Waals surface area contributed by atoms with Gasteiger partial charge in [0.15, 0.2) is 0 Å². The lowest BCUT2D eigenvalue weighted by Gasteiger charge is -2.45. The average Bonchev–Trinajstić information content (AvgIpc) is 3.31. The molecule has 0 aliphatic carbocycles. The Morgan fingerprint density at radius 2 is 1.85 bits per heavy atom. The van der Waals surface area contributed by atoms with E-state index >= 15 is 0 Å². The van der Waals surface area contributed by atoms with Crippen LogP contribution in [0.15, 0.2) is 24.3 Å². The van der Waals surface area contributed by atoms with E-state index in [9.17, 15) is 34.2 Å². The van der Waals surface area contributed by atoms with Crippen molar-refractivity contribution < 1.29 is 38.9 Å². The molecule has 3 heterocycles. The fourth-order valence-electron chi connectivity index (χ4n) is 5.03. The molecule has 4 rings (SSSR count). The molecule has 2 aromatic rings. The average molecular weight is 558 g/mol. The number of nitrogens with one attached hydrogen (secondary N) is 3. The largest absolute Gasteiger partial charge is 0.548 e. The number of thioether (sulfide) groups is 1. The summed E-state index contributed by atoms with van der Waals surface area (Å²) >= 11 is 1.24. The number of aliphatic carboxylic acids is 1. The smallest absolute Gasteiger partial charge is 0.355 e. The van der Waals surface area contributed by atoms with Crippen molar-refractivity contribution in [3.8, 4) is 5.75 Å². The van der Waals surface area contributed by atoms with E-state index in [4.69, 9.17) is 4.74 Å². The molecule has 0 saturated carbocycles. The number of hydrogen-bond donors (Lipinski definition) is 4. The highest BCUT2D eigenvalue weighted by Gasteiger charge is 2.62. The van der Waals surface area contributed by atoms with E-state index in [0.29, 0.717) is 16.8 Å². The number of aromatic nitrogens is 1. The third-order valence-electron chi connectivity index (χ3n) is 6.87. The summed E-state index contributed by atoms with van der Waals surface area (Å²) in [6, 6.07) is 2.18. The van der Waals surface area contributed by atoms with Gasteiger partial charge in [-0.1, -0.05) is 12.1 Å². The van der Waals surface area contributed by atoms with Gasteiger partial charge in [-0.05, 0) is 57.9 Å². The van der Waals surface area contributed by atoms with Crippen LogP contribution in [0.3, 0.4) is 0 Å². The van der Waals surface area contributed by atoms with E-state index in [-0.39, 0.29) is 23.6 Å². The standard InChI is InChI=1S/C26H30N4O8S/c1-6-38-25(37)16-11(2)15(12(3)27-16)20(32)28-17(13-7-9-14(31)10-8-13)21(33)29-18-22(34)30-19(24(35)36)26(4,5)39-23(18)30/h7-10,17-19,23,27,31H,6H2,1-5H3,(H,28,32)(H,29,33)(H,35,36)/p-1/t17?,18-,19+,23-/m1/s1. The van der Waals surface area contributed by atoms with E-state index in [0.717, 1.165) is 0 Å². The Hall–Kier alpha value is -4.00. The number of nitrogens with zero attached hydrogens (tertiary/aromatic N) is 1. The molecule has 2 aliphatic rings. The van der Waals surface area contributed by atoms with E-state index in [1.807, 2.05) is 0 Å². The molecule has 4 atom stereocenters. The van der Waals surface area contributed by atoms with Crippen molar-refractivity contribution in [1.29, 1.82) is 0 Å². The van der Waals surface area contributed by atoms with Crippen molar-refractivity contribution in [1.82, 2.24) is 20.5 Å². The predicted molar refractivity (Wildman–Crippen MR) is 138 cm³/mol. The molecule has 0 radical (unpaired) electrons. The summed E-state index contributed by atoms with van der Waals surface area (Å²) in [5.41, 5.74) is 1.33. The molecule has 1 aromatic heterocycles. The Morgan fingerprint density at radius 3 is 2.44 bits per heavy atom. The number of aryl methyl sites for hydroxylation is 1. The normalized spacial score (nSPS) is 21.9. The molecule has 2 fully saturated rings. The minimum Gasteiger partial charge on any atom is -0.548 e. The molecule has 39 heavy (non-hydrogen) atoms. The van der Waals surface area contributed by atoms with Gasteiger partial charge >= 0.3 is 5.97 Å². The van der Waals surface area contributed by atoms with Gasteiger partial charge in [0.25, 0.3) is 5.91 Å². The van der Waals surface area contributed by atoms with Crippen molar-refractivity contribution >= 4 is 41.4 Å². The summed E-state index contributed by atoms with van der Waals surface area (Å²) in [6.45, 7) is 8.37. The van der Waals surface area contributed by atoms with Crippen LogP contribution in [0.2, 0.25) is 0 Å². The number of esters is 1. The SMILES string of the molecule is CCOC(=O)c1[nH]c(C)c(C(=O)NC(C(=O)N[C@@H]2C(=O)N3[C@@H]2SC(C)(C)[C@@H]3C(=O)[O-])c2ccc(O)cc2)c1C. The number of carbonyl (C=O) groups excluding carboxylic acids is 5. The maximum absolute atomic E-state index is 13.5. The lowest BCUT2D eigenvalue weighted by atomic mass is 9.95. The second kappa shape index (κ2) is 10.3. The zero-order chi connectivity index (χ0) is 28.8. The summed E-state index contributed by atoms with van der Waals surface area (Å²) in [7, 11) is 0. The Labute approximate surface area is 228 Å². The van der Waals surface area contributed by atoms with Gasteiger partial charge in [0.05, 0.1) is 24.2 Å². The van der Waals surface area contributed by atoms with Crippen LogP contribution >= 0.6 is 11.8 Å². The highest BCUT2D eigenvalue weighted by atomic mass is 32.2. The van der Waals surface area contributed by atoms with Gasteiger partial charge in [-0.3, -0.25) is 14.4 Å². The Morgan fingerprint density at radius 1 is 1.21 bits per heavy atom. The Kier molecular flexibility index (Phi) is 7.39. The third kappa shape index (κ3) is 4.93. The van der Waals surface area contributed by atoms with Crippen molar-refractivity contribution in [2.45, 2.75) is 62.9 Å². The number of fused-ring (bicyclic) bond motifs is 1. The van der Waals surface area contributed by atoms with Crippen LogP contribution in [0.5, 0.6) is 5.75 Å². The number of ether oxygens (including phenoxy) is 1. The van der Waals surface area contributed by atoms with Gasteiger partial charge in [-0.2, -0.15) is 0 Å². The zero-order valence-corrected chi connectivity index (χ0v) is 22.8. The number of benzene rings is 1. The molecule has 1 unspecified atom stereocenters. The van der Waals surface area contributed by atoms with Gasteiger partial charge in [0.2, 0.25) is 11.8 Å². The number of H-pyrrole nitrogens is 1. The van der Waals surface area contributed by atoms with E-state index in [1.165, 1.54) is 40.9 Å². The van der Waals surface area contributed by atoms with Crippen LogP contribution in [0, 0.1) is 13.8 Å². The number of β-lactam (4-membered cyclic amide) rings is 1. The van der Waals surface area contributed by atoms with E-state index in [1.54, 1.807) is 34.6 Å². The molecular formula is C26H29N4O8S-. The molecule has 2 saturated heterocycles. The maximum Gasteiger partial charge on any atom is 0.355 e. The van der Waals surface area contributed by atoms with Crippen molar-refractivity contribution in [2.24, 2.45) is 0 Å². The first-order chi connectivity index (χ1) is 18.3. The topological polar surface area (TPSA) is 181 Å². The number of aromatic hydroxyl groups is 1. The third-order valence-corrected chi connectivity index (χ3v) is 8.44. The first-order valence-electron chi connectivity index (χ1n) is 12.3. The van der Waals surface area contributed by atoms with Crippen molar-refractivity contribution in [2.75, 3.05) is 6.61 Å². The van der Waals surface area contributed by atoms with Gasteiger partial charge in [-0.25, -0.2) is 4.79 Å². The molecule has 0 spiro atoms. The van der Waals surface area contributed by atoms with Crippen LogP contribution in [0.4, 0.5) is 0 Å². The molecule has 4 N–H and O–H groups in total. The van der Waals surface area contributed by atoms with E-state index < -0.39 is 57.9 Å². The van der Waals surface area contributed by atoms with Crippen LogP contribution in [0.1, 0.15) is 64.5 Å². The number of carboxylic acids is 1. The highest BCUT2D eigenvalue weighted by Crippen LogP contribution is 2.50. The van der Waals surface area contributed by atoms with Crippen molar-refractivity contribution in [3.63, 3.8) is 0 Å². The van der Waals surface area contributed by atoms with Gasteiger partial charge in [-0.15, -0.1) is 11.8 Å². The number of aromatic amines is 1. The lowest BCUT2D eigenvalue weighted by Crippen LogP contribution is -2.72. The minimum absolute atomic E-state index is 0.0524. The number of phenolic OH excluding ortho intramolecular Hbond substituents is 1. The fourth-order valence-corrected chi connectivity index (χ4v) is 6.65. The zero-order valence-electron chi connectivity index (χ0n) is 22.0. The molecular weight excluding hydrogens is 528 g/mol. The number of hydrogen-bond acceptors (Lipinski definition) is 9. The maximum atomic E-state index is 13.5. The summed E-state index contributed by atoms with van der Waals surface area (Å²) in [6.07, 6.45) is 0. The molecule has 0 bridgehead atoms. The van der Waals surface area contributed by atoms with Gasteiger partial charge in [0, 0.05) is 10.4 Å². The quantitative estimate of drug-likeness (QED) is 0.262. The molecule has 208 valence electrons. The van der Waals surface area contributed by atoms with Crippen LogP contribution in [-0.4, -0.2) is 73.5 Å². The summed E-state index contributed by atoms with van der Waals surface area (Å²) < 4.78 is 4.20. The number of carbonyl (C=O) groups is 5. The van der Waals surface area contributed by atoms with Gasteiger partial charge < -0.3 is 40.3 Å². The molecule has 2 aliphatic heterocycles. The molecule has 12 nitrogen and oxygen atoms in total. The molecule has 1 aromatic carbocycles. The van der Waals surface area contributed by atoms with Crippen LogP contribution in [0.25, 0.3) is 0 Å². The monoisotopic (exact) mass is 557 g/mol. The summed E-state index contributed by atoms with van der Waals surface area (Å²) in [5, 5.41) is 26.1. The Balaban J connectivity index is 1.59. The lowest BCUT2D eigenvalue weighted by molar-refractivity contribution is -0.312. The highest BCUT2D eigenvalue weighted by molar-refractivity contribution is 8.01. The first kappa shape index (κ1) is 28.0. The second-order valence-corrected chi connectivity index (χ2v) is 11.7. The first-order valence-corrected chi connectivity index (χ1v) is 13.1. The van der Waals surface area contributed by atoms with Crippen LogP contribution < -0.4 is 15.7 Å². The van der Waals surface area contributed by atoms with Crippen LogP contribution in [-0.2, 0) is 19.1 Å². The molecule has 13 heteroatoms. The number of amides is 3. The fraction of sp³-hybridized carbons (Fsp3) is 0.423. The molecule has 3 amide bonds. The number of carboxylic acid groups (broad SMARTS) is 1. The summed E-state index contributed by atoms with van der Waals surface area (Å²) in [4.78, 5) is 67.8. The number of rotatable bonds is 8. The predicted octanol–water partition coefficient (Wildman–Crippen LogP) is 0.282. The number of phenols is 1. The second-order valence-electron chi connectivity index (χ2n) is 9.91. The van der Waals surface area contributed by atoms with E-state index in [2.05, 4.69) is 15.6 Å².